The van der Waals surface area contributed by atoms with Gasteiger partial charge in [-0.25, -0.2) is 9.78 Å². The fourth-order valence-corrected chi connectivity index (χ4v) is 2.53. The van der Waals surface area contributed by atoms with Crippen LogP contribution < -0.4 is 5.32 Å². The number of hydrogen-bond donors (Lipinski definition) is 2. The molecule has 0 radical (unpaired) electrons. The van der Waals surface area contributed by atoms with Crippen LogP contribution in [0.1, 0.15) is 40.3 Å². The summed E-state index contributed by atoms with van der Waals surface area (Å²) in [6.07, 6.45) is 0.874. The number of urea groups is 1. The van der Waals surface area contributed by atoms with Crippen LogP contribution in [0.4, 0.5) is 9.93 Å². The van der Waals surface area contributed by atoms with E-state index in [0.717, 1.165) is 12.1 Å². The Hall–Kier alpha value is -1.14. The molecule has 0 saturated heterocycles. The maximum absolute atomic E-state index is 12.0. The standard InChI is InChI=1S/C14H25N3O2S/c1-13(2,3)7-10-8-20-11(15-10)16-12(18)17(6)9-14(4,5)19/h8,19H,7,9H2,1-6H3,(H,15,16,18). The van der Waals surface area contributed by atoms with Gasteiger partial charge < -0.3 is 10.0 Å². The number of aliphatic hydroxyl groups is 1. The first kappa shape index (κ1) is 16.9. The van der Waals surface area contributed by atoms with Gasteiger partial charge >= 0.3 is 6.03 Å². The summed E-state index contributed by atoms with van der Waals surface area (Å²) in [7, 11) is 1.65. The summed E-state index contributed by atoms with van der Waals surface area (Å²) in [5, 5.41) is 15.0. The van der Waals surface area contributed by atoms with Crippen molar-refractivity contribution >= 4 is 22.5 Å². The van der Waals surface area contributed by atoms with E-state index < -0.39 is 5.60 Å². The van der Waals surface area contributed by atoms with Crippen molar-refractivity contribution in [3.8, 4) is 0 Å². The van der Waals surface area contributed by atoms with E-state index in [4.69, 9.17) is 0 Å². The summed E-state index contributed by atoms with van der Waals surface area (Å²) in [6.45, 7) is 10.1. The zero-order valence-electron chi connectivity index (χ0n) is 13.1. The van der Waals surface area contributed by atoms with Gasteiger partial charge in [0.25, 0.3) is 0 Å². The minimum absolute atomic E-state index is 0.174. The van der Waals surface area contributed by atoms with E-state index >= 15 is 0 Å². The van der Waals surface area contributed by atoms with E-state index in [1.165, 1.54) is 16.2 Å². The van der Waals surface area contributed by atoms with Gasteiger partial charge in [0.2, 0.25) is 0 Å². The fourth-order valence-electron chi connectivity index (χ4n) is 1.83. The number of nitrogens with one attached hydrogen (secondary N) is 1. The highest BCUT2D eigenvalue weighted by molar-refractivity contribution is 7.13. The Morgan fingerprint density at radius 3 is 2.50 bits per heavy atom. The van der Waals surface area contributed by atoms with Gasteiger partial charge in [0.1, 0.15) is 0 Å². The summed E-state index contributed by atoms with van der Waals surface area (Å²) in [5.74, 6) is 0. The third-order valence-electron chi connectivity index (χ3n) is 2.45. The number of carbonyl (C=O) groups excluding carboxylic acids is 1. The molecule has 20 heavy (non-hydrogen) atoms. The van der Waals surface area contributed by atoms with Crippen LogP contribution in [0.2, 0.25) is 0 Å². The van der Waals surface area contributed by atoms with E-state index in [0.29, 0.717) is 5.13 Å². The van der Waals surface area contributed by atoms with Crippen LogP contribution in [0.5, 0.6) is 0 Å². The summed E-state index contributed by atoms with van der Waals surface area (Å²) in [4.78, 5) is 17.8. The lowest BCUT2D eigenvalue weighted by Gasteiger charge is -2.25. The van der Waals surface area contributed by atoms with Crippen LogP contribution in [-0.2, 0) is 6.42 Å². The summed E-state index contributed by atoms with van der Waals surface area (Å²) in [6, 6.07) is -0.260. The van der Waals surface area contributed by atoms with Crippen molar-refractivity contribution in [3.05, 3.63) is 11.1 Å². The van der Waals surface area contributed by atoms with Crippen LogP contribution in [0, 0.1) is 5.41 Å². The molecule has 5 nitrogen and oxygen atoms in total. The smallest absolute Gasteiger partial charge is 0.323 e. The Morgan fingerprint density at radius 1 is 1.40 bits per heavy atom. The van der Waals surface area contributed by atoms with Crippen molar-refractivity contribution in [1.29, 1.82) is 0 Å². The molecule has 6 heteroatoms. The second-order valence-corrected chi connectivity index (χ2v) is 7.84. The molecule has 0 unspecified atom stereocenters. The number of amides is 2. The third kappa shape index (κ3) is 6.34. The minimum atomic E-state index is -0.910. The van der Waals surface area contributed by atoms with Gasteiger partial charge in [0.05, 0.1) is 17.8 Å². The molecule has 0 bridgehead atoms. The summed E-state index contributed by atoms with van der Waals surface area (Å²) in [5.41, 5.74) is 0.252. The van der Waals surface area contributed by atoms with Gasteiger partial charge in [-0.3, -0.25) is 5.32 Å². The number of anilines is 1. The molecule has 114 valence electrons. The molecule has 0 aliphatic carbocycles. The molecular weight excluding hydrogens is 274 g/mol. The highest BCUT2D eigenvalue weighted by Gasteiger charge is 2.20. The average molecular weight is 299 g/mol. The fraction of sp³-hybridized carbons (Fsp3) is 0.714. The number of nitrogens with zero attached hydrogens (tertiary/aromatic N) is 2. The van der Waals surface area contributed by atoms with Crippen molar-refractivity contribution < 1.29 is 9.90 Å². The third-order valence-corrected chi connectivity index (χ3v) is 3.25. The first-order chi connectivity index (χ1) is 8.96. The summed E-state index contributed by atoms with van der Waals surface area (Å²) >= 11 is 1.42. The van der Waals surface area contributed by atoms with Gasteiger partial charge in [-0.15, -0.1) is 11.3 Å². The molecule has 0 aliphatic heterocycles. The topological polar surface area (TPSA) is 65.5 Å². The molecule has 0 fully saturated rings. The zero-order chi connectivity index (χ0) is 15.6. The van der Waals surface area contributed by atoms with Gasteiger partial charge in [-0.2, -0.15) is 0 Å². The molecule has 0 atom stereocenters. The number of aromatic nitrogens is 1. The molecule has 1 aromatic rings. The van der Waals surface area contributed by atoms with E-state index in [9.17, 15) is 9.90 Å². The van der Waals surface area contributed by atoms with E-state index in [1.807, 2.05) is 5.38 Å². The number of rotatable bonds is 4. The van der Waals surface area contributed by atoms with Crippen LogP contribution in [-0.4, -0.2) is 40.2 Å². The predicted octanol–water partition coefficient (Wildman–Crippen LogP) is 2.97. The molecule has 0 aromatic carbocycles. The van der Waals surface area contributed by atoms with Crippen molar-refractivity contribution in [3.63, 3.8) is 0 Å². The molecule has 1 aromatic heterocycles. The van der Waals surface area contributed by atoms with Gasteiger partial charge in [-0.05, 0) is 25.7 Å². The highest BCUT2D eigenvalue weighted by atomic mass is 32.1. The van der Waals surface area contributed by atoms with Crippen molar-refractivity contribution in [2.75, 3.05) is 18.9 Å². The lowest BCUT2D eigenvalue weighted by molar-refractivity contribution is 0.0550. The molecule has 1 rings (SSSR count). The highest BCUT2D eigenvalue weighted by Crippen LogP contribution is 2.24. The maximum Gasteiger partial charge on any atom is 0.323 e. The second-order valence-electron chi connectivity index (χ2n) is 6.98. The van der Waals surface area contributed by atoms with Crippen molar-refractivity contribution in [2.24, 2.45) is 5.41 Å². The lowest BCUT2D eigenvalue weighted by Crippen LogP contribution is -2.41. The van der Waals surface area contributed by atoms with Crippen LogP contribution in [0.15, 0.2) is 5.38 Å². The largest absolute Gasteiger partial charge is 0.389 e. The van der Waals surface area contributed by atoms with Gasteiger partial charge in [0.15, 0.2) is 5.13 Å². The van der Waals surface area contributed by atoms with Crippen LogP contribution in [0.25, 0.3) is 0 Å². The number of likely N-dealkylation sites (N-methyl/N-ethyl adjacent to an activating group) is 1. The van der Waals surface area contributed by atoms with Crippen molar-refractivity contribution in [2.45, 2.75) is 46.6 Å². The predicted molar refractivity (Wildman–Crippen MR) is 83.2 cm³/mol. The number of carbonyl (C=O) groups is 1. The molecule has 0 spiro atoms. The van der Waals surface area contributed by atoms with E-state index in [2.05, 4.69) is 31.1 Å². The van der Waals surface area contributed by atoms with Gasteiger partial charge in [0, 0.05) is 12.4 Å². The Kier molecular flexibility index (Phi) is 5.15. The Bertz CT molecular complexity index is 458. The second kappa shape index (κ2) is 6.10. The average Bonchev–Trinajstić information content (AvgIpc) is 2.59. The van der Waals surface area contributed by atoms with E-state index in [1.54, 1.807) is 20.9 Å². The van der Waals surface area contributed by atoms with E-state index in [-0.39, 0.29) is 18.0 Å². The molecule has 2 N–H and O–H groups in total. The Labute approximate surface area is 125 Å². The monoisotopic (exact) mass is 299 g/mol. The number of hydrogen-bond acceptors (Lipinski definition) is 4. The van der Waals surface area contributed by atoms with Crippen LogP contribution in [0.3, 0.4) is 0 Å². The normalized spacial score (nSPS) is 12.3. The first-order valence-electron chi connectivity index (χ1n) is 6.65. The quantitative estimate of drug-likeness (QED) is 0.898. The van der Waals surface area contributed by atoms with Crippen molar-refractivity contribution in [1.82, 2.24) is 9.88 Å². The molecule has 2 amide bonds. The molecular formula is C14H25N3O2S. The molecule has 0 saturated carbocycles. The van der Waals surface area contributed by atoms with Gasteiger partial charge in [-0.1, -0.05) is 20.8 Å². The molecule has 0 aliphatic rings. The SMILES string of the molecule is CN(CC(C)(C)O)C(=O)Nc1nc(CC(C)(C)C)cs1. The first-order valence-corrected chi connectivity index (χ1v) is 7.53. The Morgan fingerprint density at radius 2 is 2.00 bits per heavy atom. The Balaban J connectivity index is 2.59. The minimum Gasteiger partial charge on any atom is -0.389 e. The van der Waals surface area contributed by atoms with Crippen LogP contribution >= 0.6 is 11.3 Å². The molecule has 1 heterocycles. The zero-order valence-corrected chi connectivity index (χ0v) is 14.0. The number of thiazole rings is 1. The lowest BCUT2D eigenvalue weighted by atomic mass is 9.91. The maximum atomic E-state index is 12.0. The summed E-state index contributed by atoms with van der Waals surface area (Å²) < 4.78 is 0.